The fraction of sp³-hybridized carbons (Fsp3) is 0.533. The van der Waals surface area contributed by atoms with Crippen molar-refractivity contribution in [2.75, 3.05) is 12.8 Å². The minimum atomic E-state index is -0.165. The predicted molar refractivity (Wildman–Crippen MR) is 78.2 cm³/mol. The molecule has 0 fully saturated rings. The van der Waals surface area contributed by atoms with Gasteiger partial charge >= 0.3 is 0 Å². The fourth-order valence-electron chi connectivity index (χ4n) is 1.87. The second-order valence-corrected chi connectivity index (χ2v) is 5.73. The zero-order valence-electron chi connectivity index (χ0n) is 12.2. The van der Waals surface area contributed by atoms with Gasteiger partial charge in [0.1, 0.15) is 5.75 Å². The molecule has 0 spiro atoms. The Labute approximate surface area is 115 Å². The molecule has 1 rings (SSSR count). The number of aryl methyl sites for hydroxylation is 1. The summed E-state index contributed by atoms with van der Waals surface area (Å²) in [5.74, 6) is 0.781. The van der Waals surface area contributed by atoms with E-state index in [1.165, 1.54) is 0 Å². The Kier molecular flexibility index (Phi) is 5.21. The van der Waals surface area contributed by atoms with Crippen molar-refractivity contribution in [1.29, 1.82) is 0 Å². The highest BCUT2D eigenvalue weighted by atomic mass is 16.5. The van der Waals surface area contributed by atoms with Crippen LogP contribution in [0.1, 0.15) is 39.2 Å². The van der Waals surface area contributed by atoms with Crippen LogP contribution in [-0.2, 0) is 11.2 Å². The molecule has 19 heavy (non-hydrogen) atoms. The average Bonchev–Trinajstić information content (AvgIpc) is 2.26. The number of rotatable bonds is 5. The first-order chi connectivity index (χ1) is 8.81. The SMILES string of the molecule is COc1ccc(CCCC(=O)NC(C)(C)C)cc1N. The van der Waals surface area contributed by atoms with Crippen LogP contribution in [0, 0.1) is 0 Å². The van der Waals surface area contributed by atoms with E-state index in [0.29, 0.717) is 17.9 Å². The van der Waals surface area contributed by atoms with Gasteiger partial charge in [-0.2, -0.15) is 0 Å². The van der Waals surface area contributed by atoms with E-state index in [9.17, 15) is 4.79 Å². The monoisotopic (exact) mass is 264 g/mol. The number of methoxy groups -OCH3 is 1. The third kappa shape index (κ3) is 5.64. The summed E-state index contributed by atoms with van der Waals surface area (Å²) in [5, 5.41) is 2.95. The molecule has 0 bridgehead atoms. The first-order valence-electron chi connectivity index (χ1n) is 6.55. The number of amides is 1. The van der Waals surface area contributed by atoms with E-state index in [1.807, 2.05) is 39.0 Å². The van der Waals surface area contributed by atoms with Crippen molar-refractivity contribution in [1.82, 2.24) is 5.32 Å². The molecular formula is C15H24N2O2. The summed E-state index contributed by atoms with van der Waals surface area (Å²) in [7, 11) is 1.60. The van der Waals surface area contributed by atoms with Gasteiger partial charge in [0.25, 0.3) is 0 Å². The second kappa shape index (κ2) is 6.45. The van der Waals surface area contributed by atoms with Crippen molar-refractivity contribution in [2.24, 2.45) is 0 Å². The summed E-state index contributed by atoms with van der Waals surface area (Å²) in [6, 6.07) is 5.75. The molecule has 0 atom stereocenters. The average molecular weight is 264 g/mol. The van der Waals surface area contributed by atoms with E-state index < -0.39 is 0 Å². The summed E-state index contributed by atoms with van der Waals surface area (Å²) < 4.78 is 5.11. The van der Waals surface area contributed by atoms with Crippen molar-refractivity contribution >= 4 is 11.6 Å². The third-order valence-electron chi connectivity index (χ3n) is 2.68. The summed E-state index contributed by atoms with van der Waals surface area (Å²) in [4.78, 5) is 11.7. The van der Waals surface area contributed by atoms with Gasteiger partial charge in [-0.15, -0.1) is 0 Å². The lowest BCUT2D eigenvalue weighted by molar-refractivity contribution is -0.122. The van der Waals surface area contributed by atoms with Crippen LogP contribution in [0.25, 0.3) is 0 Å². The maximum atomic E-state index is 11.7. The van der Waals surface area contributed by atoms with Crippen molar-refractivity contribution in [3.05, 3.63) is 23.8 Å². The first kappa shape index (κ1) is 15.3. The Hall–Kier alpha value is -1.71. The van der Waals surface area contributed by atoms with Gasteiger partial charge in [-0.25, -0.2) is 0 Å². The Morgan fingerprint density at radius 3 is 2.58 bits per heavy atom. The van der Waals surface area contributed by atoms with Crippen LogP contribution in [0.2, 0.25) is 0 Å². The molecular weight excluding hydrogens is 240 g/mol. The number of nitrogens with one attached hydrogen (secondary N) is 1. The van der Waals surface area contributed by atoms with E-state index >= 15 is 0 Å². The van der Waals surface area contributed by atoms with Gasteiger partial charge in [-0.1, -0.05) is 6.07 Å². The molecule has 4 heteroatoms. The Morgan fingerprint density at radius 1 is 1.37 bits per heavy atom. The molecule has 4 nitrogen and oxygen atoms in total. The van der Waals surface area contributed by atoms with Gasteiger partial charge in [-0.05, 0) is 51.3 Å². The van der Waals surface area contributed by atoms with E-state index in [2.05, 4.69) is 5.32 Å². The van der Waals surface area contributed by atoms with Crippen molar-refractivity contribution < 1.29 is 9.53 Å². The highest BCUT2D eigenvalue weighted by molar-refractivity contribution is 5.76. The van der Waals surface area contributed by atoms with Gasteiger partial charge in [0, 0.05) is 12.0 Å². The minimum absolute atomic E-state index is 0.0917. The number of nitrogen functional groups attached to an aromatic ring is 1. The van der Waals surface area contributed by atoms with E-state index in [4.69, 9.17) is 10.5 Å². The van der Waals surface area contributed by atoms with E-state index in [-0.39, 0.29) is 11.4 Å². The van der Waals surface area contributed by atoms with Crippen LogP contribution < -0.4 is 15.8 Å². The molecule has 1 aromatic carbocycles. The second-order valence-electron chi connectivity index (χ2n) is 5.73. The lowest BCUT2D eigenvalue weighted by Gasteiger charge is -2.20. The molecule has 106 valence electrons. The molecule has 1 aromatic rings. The third-order valence-corrected chi connectivity index (χ3v) is 2.68. The van der Waals surface area contributed by atoms with Crippen LogP contribution >= 0.6 is 0 Å². The van der Waals surface area contributed by atoms with E-state index in [0.717, 1.165) is 18.4 Å². The van der Waals surface area contributed by atoms with Gasteiger partial charge in [0.15, 0.2) is 0 Å². The Bertz CT molecular complexity index is 436. The van der Waals surface area contributed by atoms with Crippen LogP contribution in [0.3, 0.4) is 0 Å². The lowest BCUT2D eigenvalue weighted by Crippen LogP contribution is -2.40. The lowest BCUT2D eigenvalue weighted by atomic mass is 10.1. The molecule has 0 saturated heterocycles. The van der Waals surface area contributed by atoms with Crippen molar-refractivity contribution in [2.45, 2.75) is 45.6 Å². The van der Waals surface area contributed by atoms with Crippen molar-refractivity contribution in [3.8, 4) is 5.75 Å². The smallest absolute Gasteiger partial charge is 0.220 e. The number of anilines is 1. The summed E-state index contributed by atoms with van der Waals surface area (Å²) in [5.41, 5.74) is 7.44. The number of hydrogen-bond donors (Lipinski definition) is 2. The minimum Gasteiger partial charge on any atom is -0.495 e. The fourth-order valence-corrected chi connectivity index (χ4v) is 1.87. The van der Waals surface area contributed by atoms with Crippen LogP contribution in [-0.4, -0.2) is 18.6 Å². The van der Waals surface area contributed by atoms with E-state index in [1.54, 1.807) is 7.11 Å². The number of hydrogen-bond acceptors (Lipinski definition) is 3. The van der Waals surface area contributed by atoms with Gasteiger partial charge in [-0.3, -0.25) is 4.79 Å². The van der Waals surface area contributed by atoms with Crippen LogP contribution in [0.4, 0.5) is 5.69 Å². The molecule has 0 aliphatic heterocycles. The Balaban J connectivity index is 2.41. The molecule has 0 radical (unpaired) electrons. The molecule has 0 saturated carbocycles. The highest BCUT2D eigenvalue weighted by Gasteiger charge is 2.13. The number of ether oxygens (including phenoxy) is 1. The first-order valence-corrected chi connectivity index (χ1v) is 6.55. The van der Waals surface area contributed by atoms with Crippen molar-refractivity contribution in [3.63, 3.8) is 0 Å². The topological polar surface area (TPSA) is 64.3 Å². The van der Waals surface area contributed by atoms with Gasteiger partial charge in [0.2, 0.25) is 5.91 Å². The number of carbonyl (C=O) groups is 1. The predicted octanol–water partition coefficient (Wildman–Crippen LogP) is 2.51. The summed E-state index contributed by atoms with van der Waals surface area (Å²) in [6.45, 7) is 5.94. The molecule has 0 unspecified atom stereocenters. The van der Waals surface area contributed by atoms with Gasteiger partial charge in [0.05, 0.1) is 12.8 Å². The number of benzene rings is 1. The summed E-state index contributed by atoms with van der Waals surface area (Å²) >= 11 is 0. The molecule has 3 N–H and O–H groups in total. The molecule has 0 heterocycles. The van der Waals surface area contributed by atoms with Crippen LogP contribution in [0.5, 0.6) is 5.75 Å². The maximum Gasteiger partial charge on any atom is 0.220 e. The zero-order valence-corrected chi connectivity index (χ0v) is 12.2. The number of nitrogens with two attached hydrogens (primary N) is 1. The normalized spacial score (nSPS) is 11.2. The van der Waals surface area contributed by atoms with Crippen LogP contribution in [0.15, 0.2) is 18.2 Å². The highest BCUT2D eigenvalue weighted by Crippen LogP contribution is 2.22. The Morgan fingerprint density at radius 2 is 2.05 bits per heavy atom. The largest absolute Gasteiger partial charge is 0.495 e. The zero-order chi connectivity index (χ0) is 14.5. The number of carbonyl (C=O) groups excluding carboxylic acids is 1. The molecule has 0 aliphatic carbocycles. The molecule has 0 aromatic heterocycles. The quantitative estimate of drug-likeness (QED) is 0.803. The maximum absolute atomic E-state index is 11.7. The molecule has 1 amide bonds. The molecule has 0 aliphatic rings. The van der Waals surface area contributed by atoms with Gasteiger partial charge < -0.3 is 15.8 Å². The summed E-state index contributed by atoms with van der Waals surface area (Å²) in [6.07, 6.45) is 2.18. The standard InChI is InChI=1S/C15H24N2O2/c1-15(2,3)17-14(18)7-5-6-11-8-9-13(19-4)12(16)10-11/h8-10H,5-7,16H2,1-4H3,(H,17,18).